The fraction of sp³-hybridized carbons (Fsp3) is 0.346. The highest BCUT2D eigenvalue weighted by molar-refractivity contribution is 5.75. The van der Waals surface area contributed by atoms with Crippen molar-refractivity contribution in [3.63, 3.8) is 0 Å². The van der Waals surface area contributed by atoms with Crippen LogP contribution in [0.3, 0.4) is 0 Å². The van der Waals surface area contributed by atoms with Gasteiger partial charge in [0.2, 0.25) is 0 Å². The molecule has 184 valence electrons. The lowest BCUT2D eigenvalue weighted by atomic mass is 9.92. The Bertz CT molecular complexity index is 1210. The van der Waals surface area contributed by atoms with Gasteiger partial charge >= 0.3 is 6.09 Å². The van der Waals surface area contributed by atoms with Gasteiger partial charge in [0.25, 0.3) is 0 Å². The molecule has 2 aromatic carbocycles. The van der Waals surface area contributed by atoms with Gasteiger partial charge < -0.3 is 25.2 Å². The first-order chi connectivity index (χ1) is 16.7. The summed E-state index contributed by atoms with van der Waals surface area (Å²) in [6.07, 6.45) is 1.75. The topological polar surface area (TPSA) is 108 Å². The van der Waals surface area contributed by atoms with Crippen LogP contribution in [-0.2, 0) is 0 Å². The highest BCUT2D eigenvalue weighted by Crippen LogP contribution is 2.40. The molecule has 0 saturated heterocycles. The number of anilines is 1. The van der Waals surface area contributed by atoms with E-state index in [0.29, 0.717) is 35.7 Å². The number of halogens is 1. The third kappa shape index (κ3) is 5.35. The molecule has 1 amide bonds. The summed E-state index contributed by atoms with van der Waals surface area (Å²) in [6, 6.07) is 11.4. The molecular weight excluding hydrogens is 451 g/mol. The second kappa shape index (κ2) is 10.3. The second-order valence-corrected chi connectivity index (χ2v) is 9.06. The molecule has 0 unspecified atom stereocenters. The van der Waals surface area contributed by atoms with Crippen LogP contribution in [-0.4, -0.2) is 51.5 Å². The van der Waals surface area contributed by atoms with Crippen molar-refractivity contribution >= 4 is 11.9 Å². The SMILES string of the molecule is CC(C)c1ccccc1-c1cc(F)ccc1Oc1cncnc1N(C)[C@H]1C[C@@H](NC(=O)O)C[C@H]1O. The maximum Gasteiger partial charge on any atom is 0.404 e. The number of hydrogen-bond acceptors (Lipinski definition) is 6. The normalized spacial score (nSPS) is 19.5. The highest BCUT2D eigenvalue weighted by Gasteiger charge is 2.37. The molecule has 1 fully saturated rings. The molecule has 35 heavy (non-hydrogen) atoms. The number of rotatable bonds is 7. The van der Waals surface area contributed by atoms with Gasteiger partial charge in [0, 0.05) is 18.7 Å². The minimum atomic E-state index is -1.12. The zero-order chi connectivity index (χ0) is 25.1. The largest absolute Gasteiger partial charge is 0.465 e. The molecule has 9 heteroatoms. The average Bonchev–Trinajstić information content (AvgIpc) is 3.19. The Morgan fingerprint density at radius 3 is 2.69 bits per heavy atom. The van der Waals surface area contributed by atoms with E-state index in [-0.39, 0.29) is 23.8 Å². The van der Waals surface area contributed by atoms with Crippen LogP contribution in [0.5, 0.6) is 11.5 Å². The summed E-state index contributed by atoms with van der Waals surface area (Å²) in [7, 11) is 1.77. The lowest BCUT2D eigenvalue weighted by Crippen LogP contribution is -2.39. The zero-order valence-corrected chi connectivity index (χ0v) is 19.9. The summed E-state index contributed by atoms with van der Waals surface area (Å²) in [6.45, 7) is 4.16. The predicted molar refractivity (Wildman–Crippen MR) is 130 cm³/mol. The van der Waals surface area contributed by atoms with E-state index in [2.05, 4.69) is 29.1 Å². The quantitative estimate of drug-likeness (QED) is 0.446. The summed E-state index contributed by atoms with van der Waals surface area (Å²) in [5, 5.41) is 22.1. The number of nitrogens with zero attached hydrogens (tertiary/aromatic N) is 3. The van der Waals surface area contributed by atoms with Crippen molar-refractivity contribution in [2.24, 2.45) is 0 Å². The predicted octanol–water partition coefficient (Wildman–Crippen LogP) is 4.79. The fourth-order valence-electron chi connectivity index (χ4n) is 4.67. The van der Waals surface area contributed by atoms with E-state index in [4.69, 9.17) is 9.84 Å². The maximum absolute atomic E-state index is 14.3. The Kier molecular flexibility index (Phi) is 7.16. The van der Waals surface area contributed by atoms with Gasteiger partial charge in [-0.3, -0.25) is 0 Å². The van der Waals surface area contributed by atoms with E-state index >= 15 is 0 Å². The van der Waals surface area contributed by atoms with E-state index < -0.39 is 12.2 Å². The molecule has 4 rings (SSSR count). The molecule has 3 aromatic rings. The molecule has 3 N–H and O–H groups in total. The molecule has 0 spiro atoms. The van der Waals surface area contributed by atoms with Crippen molar-refractivity contribution < 1.29 is 24.1 Å². The fourth-order valence-corrected chi connectivity index (χ4v) is 4.67. The first-order valence-corrected chi connectivity index (χ1v) is 11.5. The molecule has 1 aromatic heterocycles. The van der Waals surface area contributed by atoms with Crippen LogP contribution in [0.1, 0.15) is 38.2 Å². The Morgan fingerprint density at radius 1 is 1.17 bits per heavy atom. The standard InChI is InChI=1S/C26H29FN4O4/c1-15(2)18-6-4-5-7-19(18)20-10-16(27)8-9-23(20)35-24-13-28-14-29-25(24)31(3)21-11-17(12-22(21)32)30-26(33)34/h4-10,13-15,17,21-22,30,32H,11-12H2,1-3H3,(H,33,34)/t17-,21+,22-/m1/s1. The number of hydrogen-bond donors (Lipinski definition) is 3. The van der Waals surface area contributed by atoms with Crippen LogP contribution >= 0.6 is 0 Å². The van der Waals surface area contributed by atoms with Gasteiger partial charge in [-0.15, -0.1) is 0 Å². The minimum Gasteiger partial charge on any atom is -0.465 e. The Hall–Kier alpha value is -3.72. The molecular formula is C26H29FN4O4. The van der Waals surface area contributed by atoms with E-state index in [1.165, 1.54) is 24.7 Å². The number of aromatic nitrogens is 2. The number of nitrogens with one attached hydrogen (secondary N) is 1. The lowest BCUT2D eigenvalue weighted by Gasteiger charge is -2.29. The van der Waals surface area contributed by atoms with Gasteiger partial charge in [-0.05, 0) is 48.1 Å². The number of benzene rings is 2. The minimum absolute atomic E-state index is 0.222. The number of ether oxygens (including phenoxy) is 1. The monoisotopic (exact) mass is 480 g/mol. The Labute approximate surface area is 203 Å². The van der Waals surface area contributed by atoms with Crippen LogP contribution in [0.4, 0.5) is 15.0 Å². The van der Waals surface area contributed by atoms with Crippen LogP contribution in [0.15, 0.2) is 55.0 Å². The molecule has 8 nitrogen and oxygen atoms in total. The molecule has 1 aliphatic rings. The van der Waals surface area contributed by atoms with Gasteiger partial charge in [0.1, 0.15) is 17.9 Å². The number of aliphatic hydroxyl groups is 1. The van der Waals surface area contributed by atoms with Gasteiger partial charge in [-0.1, -0.05) is 38.1 Å². The third-order valence-corrected chi connectivity index (χ3v) is 6.35. The summed E-state index contributed by atoms with van der Waals surface area (Å²) in [5.74, 6) is 1.07. The van der Waals surface area contributed by atoms with Gasteiger partial charge in [0.05, 0.1) is 18.3 Å². The lowest BCUT2D eigenvalue weighted by molar-refractivity contribution is 0.159. The van der Waals surface area contributed by atoms with Crippen LogP contribution < -0.4 is 15.0 Å². The maximum atomic E-state index is 14.3. The van der Waals surface area contributed by atoms with Crippen molar-refractivity contribution in [3.05, 3.63) is 66.4 Å². The highest BCUT2D eigenvalue weighted by atomic mass is 19.1. The molecule has 0 radical (unpaired) electrons. The molecule has 1 saturated carbocycles. The zero-order valence-electron chi connectivity index (χ0n) is 19.9. The smallest absolute Gasteiger partial charge is 0.404 e. The third-order valence-electron chi connectivity index (χ3n) is 6.35. The van der Waals surface area contributed by atoms with Gasteiger partial charge in [0.15, 0.2) is 11.6 Å². The van der Waals surface area contributed by atoms with Gasteiger partial charge in [-0.2, -0.15) is 0 Å². The first kappa shape index (κ1) is 24.4. The van der Waals surface area contributed by atoms with Crippen molar-refractivity contribution in [3.8, 4) is 22.6 Å². The molecule has 0 bridgehead atoms. The van der Waals surface area contributed by atoms with Crippen molar-refractivity contribution in [1.82, 2.24) is 15.3 Å². The number of likely N-dealkylation sites (N-methyl/N-ethyl adjacent to an activating group) is 1. The Morgan fingerprint density at radius 2 is 1.94 bits per heavy atom. The molecule has 0 aliphatic heterocycles. The van der Waals surface area contributed by atoms with E-state index in [1.54, 1.807) is 18.0 Å². The molecule has 1 heterocycles. The summed E-state index contributed by atoms with van der Waals surface area (Å²) >= 11 is 0. The van der Waals surface area contributed by atoms with E-state index in [9.17, 15) is 14.3 Å². The number of amides is 1. The number of aliphatic hydroxyl groups excluding tert-OH is 1. The van der Waals surface area contributed by atoms with Crippen LogP contribution in [0.25, 0.3) is 11.1 Å². The van der Waals surface area contributed by atoms with Crippen molar-refractivity contribution in [2.45, 2.75) is 50.8 Å². The van der Waals surface area contributed by atoms with E-state index in [1.807, 2.05) is 24.3 Å². The number of carboxylic acid groups (broad SMARTS) is 1. The average molecular weight is 481 g/mol. The molecule has 3 atom stereocenters. The van der Waals surface area contributed by atoms with Crippen LogP contribution in [0, 0.1) is 5.82 Å². The summed E-state index contributed by atoms with van der Waals surface area (Å²) in [5.41, 5.74) is 2.55. The summed E-state index contributed by atoms with van der Waals surface area (Å²) in [4.78, 5) is 21.3. The van der Waals surface area contributed by atoms with E-state index in [0.717, 1.165) is 11.1 Å². The molecule has 1 aliphatic carbocycles. The number of carbonyl (C=O) groups is 1. The van der Waals surface area contributed by atoms with Crippen LogP contribution in [0.2, 0.25) is 0 Å². The Balaban J connectivity index is 1.67. The second-order valence-electron chi connectivity index (χ2n) is 9.06. The van der Waals surface area contributed by atoms with Gasteiger partial charge in [-0.25, -0.2) is 19.2 Å². The van der Waals surface area contributed by atoms with Crippen molar-refractivity contribution in [1.29, 1.82) is 0 Å². The summed E-state index contributed by atoms with van der Waals surface area (Å²) < 4.78 is 20.6. The first-order valence-electron chi connectivity index (χ1n) is 11.5. The van der Waals surface area contributed by atoms with Crippen molar-refractivity contribution in [2.75, 3.05) is 11.9 Å².